The van der Waals surface area contributed by atoms with E-state index >= 15 is 0 Å². The first-order valence-corrected chi connectivity index (χ1v) is 10.8. The molecule has 11 heteroatoms. The number of aliphatic hydroxyl groups is 1. The molecule has 33 heavy (non-hydrogen) atoms. The van der Waals surface area contributed by atoms with E-state index in [9.17, 15) is 23.9 Å². The zero-order valence-electron chi connectivity index (χ0n) is 17.8. The lowest BCUT2D eigenvalue weighted by molar-refractivity contribution is 0.0938. The van der Waals surface area contributed by atoms with Crippen LogP contribution in [0.3, 0.4) is 0 Å². The van der Waals surface area contributed by atoms with Gasteiger partial charge in [-0.1, -0.05) is 12.1 Å². The molecule has 0 radical (unpaired) electrons. The van der Waals surface area contributed by atoms with Crippen molar-refractivity contribution in [3.8, 4) is 5.75 Å². The van der Waals surface area contributed by atoms with Crippen LogP contribution >= 0.6 is 0 Å². The number of carbonyl (C=O) groups excluding carboxylic acids is 2. The number of nitrogens with zero attached hydrogens (tertiary/aromatic N) is 2. The highest BCUT2D eigenvalue weighted by Gasteiger charge is 2.46. The van der Waals surface area contributed by atoms with Gasteiger partial charge in [0.25, 0.3) is 11.5 Å². The summed E-state index contributed by atoms with van der Waals surface area (Å²) in [5, 5.41) is 24.7. The zero-order chi connectivity index (χ0) is 23.6. The quantitative estimate of drug-likeness (QED) is 0.506. The van der Waals surface area contributed by atoms with Crippen LogP contribution in [0, 0.1) is 11.7 Å². The van der Waals surface area contributed by atoms with E-state index in [1.807, 2.05) is 0 Å². The average Bonchev–Trinajstić information content (AvgIpc) is 3.05. The van der Waals surface area contributed by atoms with Crippen LogP contribution < -0.4 is 16.2 Å². The fourth-order valence-electron chi connectivity index (χ4n) is 4.49. The molecule has 0 spiro atoms. The van der Waals surface area contributed by atoms with Gasteiger partial charge < -0.3 is 25.6 Å². The Morgan fingerprint density at radius 1 is 1.24 bits per heavy atom. The number of aromatic nitrogens is 2. The van der Waals surface area contributed by atoms with Crippen LogP contribution in [-0.2, 0) is 23.4 Å². The molecule has 3 aliphatic rings. The topological polar surface area (TPSA) is 143 Å². The maximum atomic E-state index is 13.1. The Morgan fingerprint density at radius 3 is 2.61 bits per heavy atom. The summed E-state index contributed by atoms with van der Waals surface area (Å²) < 4.78 is 19.4. The van der Waals surface area contributed by atoms with E-state index in [-0.39, 0.29) is 31.5 Å². The second-order valence-electron chi connectivity index (χ2n) is 8.37. The largest absolute Gasteiger partial charge is 0.501 e. The number of alkyl carbamates (subject to hydrolysis) is 1. The summed E-state index contributed by atoms with van der Waals surface area (Å²) in [7, 11) is 0. The Labute approximate surface area is 188 Å². The first-order valence-electron chi connectivity index (χ1n) is 10.8. The number of hydrogen-bond acceptors (Lipinski definition) is 7. The highest BCUT2D eigenvalue weighted by molar-refractivity contribution is 5.94. The van der Waals surface area contributed by atoms with E-state index in [0.29, 0.717) is 24.9 Å². The van der Waals surface area contributed by atoms with Crippen molar-refractivity contribution in [2.24, 2.45) is 5.92 Å². The van der Waals surface area contributed by atoms with Crippen LogP contribution in [0.4, 0.5) is 9.18 Å². The highest BCUT2D eigenvalue weighted by atomic mass is 19.1. The summed E-state index contributed by atoms with van der Waals surface area (Å²) in [5.41, 5.74) is -1.61. The fraction of sp³-hybridized carbons (Fsp3) is 0.455. The van der Waals surface area contributed by atoms with Gasteiger partial charge in [0.05, 0.1) is 6.61 Å². The van der Waals surface area contributed by atoms with Crippen LogP contribution in [-0.4, -0.2) is 45.0 Å². The number of benzene rings is 1. The minimum absolute atomic E-state index is 0.0393. The van der Waals surface area contributed by atoms with Crippen LogP contribution in [0.5, 0.6) is 5.75 Å². The van der Waals surface area contributed by atoms with Crippen molar-refractivity contribution >= 4 is 12.0 Å². The molecule has 1 aliphatic carbocycles. The minimum Gasteiger partial charge on any atom is -0.501 e. The van der Waals surface area contributed by atoms with Crippen molar-refractivity contribution in [1.82, 2.24) is 20.2 Å². The number of rotatable bonds is 6. The third-order valence-electron chi connectivity index (χ3n) is 6.22. The SMILES string of the molecule is O=C(NC12CCC(CC1)Cn1c2nc(C(=O)NCc2ccc(F)cc2)c(O)c1=O)OCCO. The molecule has 10 nitrogen and oxygen atoms in total. The molecule has 0 saturated heterocycles. The predicted molar refractivity (Wildman–Crippen MR) is 113 cm³/mol. The van der Waals surface area contributed by atoms with Gasteiger partial charge in [-0.2, -0.15) is 0 Å². The molecule has 2 bridgehead atoms. The van der Waals surface area contributed by atoms with Gasteiger partial charge in [-0.05, 0) is 49.3 Å². The van der Waals surface area contributed by atoms with Gasteiger partial charge >= 0.3 is 6.09 Å². The lowest BCUT2D eigenvalue weighted by Crippen LogP contribution is -2.50. The van der Waals surface area contributed by atoms with Crippen molar-refractivity contribution in [2.75, 3.05) is 13.2 Å². The third kappa shape index (κ3) is 4.54. The van der Waals surface area contributed by atoms with Gasteiger partial charge in [-0.3, -0.25) is 14.2 Å². The first kappa shape index (κ1) is 22.7. The molecule has 3 heterocycles. The molecule has 1 aromatic heterocycles. The maximum Gasteiger partial charge on any atom is 0.408 e. The number of carbonyl (C=O) groups is 2. The maximum absolute atomic E-state index is 13.1. The number of aromatic hydroxyl groups is 1. The second kappa shape index (κ2) is 9.18. The molecule has 2 aromatic rings. The Morgan fingerprint density at radius 2 is 1.94 bits per heavy atom. The fourth-order valence-corrected chi connectivity index (χ4v) is 4.49. The molecule has 0 atom stereocenters. The molecule has 0 unspecified atom stereocenters. The third-order valence-corrected chi connectivity index (χ3v) is 6.22. The summed E-state index contributed by atoms with van der Waals surface area (Å²) >= 11 is 0. The molecule has 1 fully saturated rings. The van der Waals surface area contributed by atoms with Gasteiger partial charge in [0.1, 0.15) is 23.8 Å². The molecular weight excluding hydrogens is 435 g/mol. The lowest BCUT2D eigenvalue weighted by Gasteiger charge is -2.36. The van der Waals surface area contributed by atoms with Crippen LogP contribution in [0.15, 0.2) is 29.1 Å². The molecule has 4 N–H and O–H groups in total. The number of halogens is 1. The normalized spacial score (nSPS) is 21.1. The van der Waals surface area contributed by atoms with E-state index < -0.39 is 40.4 Å². The van der Waals surface area contributed by atoms with Crippen molar-refractivity contribution in [2.45, 2.75) is 44.3 Å². The van der Waals surface area contributed by atoms with Gasteiger partial charge in [-0.25, -0.2) is 14.2 Å². The molecule has 176 valence electrons. The Bertz CT molecular complexity index is 1110. The van der Waals surface area contributed by atoms with Crippen molar-refractivity contribution in [1.29, 1.82) is 0 Å². The van der Waals surface area contributed by atoms with Gasteiger partial charge in [0, 0.05) is 13.1 Å². The van der Waals surface area contributed by atoms with E-state index in [2.05, 4.69) is 15.6 Å². The molecule has 2 aliphatic heterocycles. The second-order valence-corrected chi connectivity index (χ2v) is 8.37. The average molecular weight is 460 g/mol. The summed E-state index contributed by atoms with van der Waals surface area (Å²) in [6.45, 7) is -0.153. The van der Waals surface area contributed by atoms with Crippen LogP contribution in [0.2, 0.25) is 0 Å². The van der Waals surface area contributed by atoms with Gasteiger partial charge in [0.15, 0.2) is 5.69 Å². The Balaban J connectivity index is 1.66. The number of ether oxygens (including phenoxy) is 1. The van der Waals surface area contributed by atoms with Crippen molar-refractivity contribution in [3.63, 3.8) is 0 Å². The van der Waals surface area contributed by atoms with E-state index in [4.69, 9.17) is 9.84 Å². The molecule has 2 amide bonds. The predicted octanol–water partition coefficient (Wildman–Crippen LogP) is 1.14. The number of fused-ring (bicyclic) bond motifs is 2. The van der Waals surface area contributed by atoms with Crippen molar-refractivity contribution in [3.05, 3.63) is 57.5 Å². The van der Waals surface area contributed by atoms with Gasteiger partial charge in [0.2, 0.25) is 5.75 Å². The highest BCUT2D eigenvalue weighted by Crippen LogP contribution is 2.43. The van der Waals surface area contributed by atoms with Crippen molar-refractivity contribution < 1.29 is 28.9 Å². The van der Waals surface area contributed by atoms with E-state index in [1.165, 1.54) is 28.8 Å². The molecule has 1 aromatic carbocycles. The molecular formula is C22H25FN4O6. The summed E-state index contributed by atoms with van der Waals surface area (Å²) in [5.74, 6) is -1.58. The van der Waals surface area contributed by atoms with E-state index in [0.717, 1.165) is 12.8 Å². The molecule has 5 rings (SSSR count). The summed E-state index contributed by atoms with van der Waals surface area (Å²) in [6.07, 6.45) is 1.64. The first-order chi connectivity index (χ1) is 15.8. The Hall–Kier alpha value is -3.47. The summed E-state index contributed by atoms with van der Waals surface area (Å²) in [6, 6.07) is 5.52. The van der Waals surface area contributed by atoms with Gasteiger partial charge in [-0.15, -0.1) is 0 Å². The number of nitrogens with one attached hydrogen (secondary N) is 2. The van der Waals surface area contributed by atoms with Crippen LogP contribution in [0.25, 0.3) is 0 Å². The lowest BCUT2D eigenvalue weighted by atomic mass is 9.77. The number of hydrogen-bond donors (Lipinski definition) is 4. The summed E-state index contributed by atoms with van der Waals surface area (Å²) in [4.78, 5) is 42.5. The van der Waals surface area contributed by atoms with E-state index in [1.54, 1.807) is 0 Å². The number of aliphatic hydroxyl groups excluding tert-OH is 1. The zero-order valence-corrected chi connectivity index (χ0v) is 17.8. The standard InChI is InChI=1S/C22H25FN4O6/c23-15-3-1-13(2-4-15)11-24-18(30)16-17(29)19(31)27-12-14-5-7-22(8-6-14,20(27)25-16)26-21(32)33-10-9-28/h1-4,14,28-29H,5-12H2,(H,24,30)(H,26,32). The minimum atomic E-state index is -1.04. The number of amides is 2. The Kier molecular flexibility index (Phi) is 6.32. The van der Waals surface area contributed by atoms with Crippen LogP contribution in [0.1, 0.15) is 47.6 Å². The molecule has 1 saturated carbocycles. The smallest absolute Gasteiger partial charge is 0.408 e. The monoisotopic (exact) mass is 460 g/mol.